The van der Waals surface area contributed by atoms with Crippen molar-refractivity contribution in [3.05, 3.63) is 71.3 Å². The maximum atomic E-state index is 13.1. The molecule has 9 heteroatoms. The molecule has 0 aliphatic carbocycles. The van der Waals surface area contributed by atoms with E-state index in [0.29, 0.717) is 42.2 Å². The summed E-state index contributed by atoms with van der Waals surface area (Å²) in [6.45, 7) is 4.57. The molecule has 1 saturated heterocycles. The van der Waals surface area contributed by atoms with Crippen molar-refractivity contribution in [3.63, 3.8) is 0 Å². The molecule has 1 aliphatic heterocycles. The summed E-state index contributed by atoms with van der Waals surface area (Å²) < 4.78 is 3.55. The minimum Gasteiger partial charge on any atom is -0.507 e. The molecule has 4 rings (SSSR count). The summed E-state index contributed by atoms with van der Waals surface area (Å²) in [5.74, 6) is -1.56. The maximum Gasteiger partial charge on any atom is 0.295 e. The minimum absolute atomic E-state index is 0.0468. The lowest BCUT2D eigenvalue weighted by Gasteiger charge is -2.24. The fourth-order valence-electron chi connectivity index (χ4n) is 4.05. The number of aliphatic hydroxyl groups excluding tert-OH is 1. The lowest BCUT2D eigenvalue weighted by Crippen LogP contribution is -2.31. The Kier molecular flexibility index (Phi) is 5.41. The number of hydrogen-bond donors (Lipinski definition) is 1. The monoisotopic (exact) mass is 420 g/mol. The number of ketones is 1. The van der Waals surface area contributed by atoms with Crippen LogP contribution in [-0.4, -0.2) is 52.6 Å². The molecule has 9 nitrogen and oxygen atoms in total. The number of likely N-dealkylation sites (tertiary alicyclic amines) is 1. The molecule has 31 heavy (non-hydrogen) atoms. The Labute approximate surface area is 179 Å². The van der Waals surface area contributed by atoms with Crippen LogP contribution in [0.3, 0.4) is 0 Å². The van der Waals surface area contributed by atoms with Crippen LogP contribution in [0.25, 0.3) is 5.76 Å². The average molecular weight is 420 g/mol. The van der Waals surface area contributed by atoms with E-state index in [1.165, 1.54) is 4.90 Å². The highest BCUT2D eigenvalue weighted by Crippen LogP contribution is 2.39. The molecule has 0 radical (unpaired) electrons. The van der Waals surface area contributed by atoms with Gasteiger partial charge in [-0.1, -0.05) is 6.07 Å². The summed E-state index contributed by atoms with van der Waals surface area (Å²) in [4.78, 5) is 35.9. The highest BCUT2D eigenvalue weighted by Gasteiger charge is 2.46. The van der Waals surface area contributed by atoms with Crippen molar-refractivity contribution < 1.29 is 14.7 Å². The average Bonchev–Trinajstić information content (AvgIpc) is 3.43. The van der Waals surface area contributed by atoms with Crippen LogP contribution >= 0.6 is 0 Å². The molecule has 1 atom stereocenters. The Morgan fingerprint density at radius 1 is 1.16 bits per heavy atom. The van der Waals surface area contributed by atoms with E-state index in [-0.39, 0.29) is 11.3 Å². The van der Waals surface area contributed by atoms with Crippen LogP contribution in [0.5, 0.6) is 0 Å². The topological polar surface area (TPSA) is 106 Å². The smallest absolute Gasteiger partial charge is 0.295 e. The molecule has 1 fully saturated rings. The van der Waals surface area contributed by atoms with Crippen molar-refractivity contribution in [1.82, 2.24) is 29.2 Å². The van der Waals surface area contributed by atoms with E-state index >= 15 is 0 Å². The minimum atomic E-state index is -0.761. The first-order chi connectivity index (χ1) is 14.9. The normalized spacial score (nSPS) is 18.2. The van der Waals surface area contributed by atoms with E-state index in [0.717, 1.165) is 0 Å². The quantitative estimate of drug-likeness (QED) is 0.372. The summed E-state index contributed by atoms with van der Waals surface area (Å²) in [6.07, 6.45) is 7.48. The first-order valence-electron chi connectivity index (χ1n) is 10.1. The number of carbonyl (C=O) groups is 2. The Morgan fingerprint density at radius 3 is 2.58 bits per heavy atom. The lowest BCUT2D eigenvalue weighted by atomic mass is 9.97. The third kappa shape index (κ3) is 3.63. The SMILES string of the molecule is Cc1nn(C)c(C)c1C(O)=C1C(=O)C(=O)N(CCCn2ccnc2)[C@H]1c1ccccn1. The lowest BCUT2D eigenvalue weighted by molar-refractivity contribution is -0.140. The van der Waals surface area contributed by atoms with Crippen molar-refractivity contribution in [1.29, 1.82) is 0 Å². The van der Waals surface area contributed by atoms with Crippen LogP contribution in [0.15, 0.2) is 48.7 Å². The zero-order valence-electron chi connectivity index (χ0n) is 17.7. The van der Waals surface area contributed by atoms with Crippen molar-refractivity contribution >= 4 is 17.4 Å². The molecular formula is C22H24N6O3. The Morgan fingerprint density at radius 2 is 1.97 bits per heavy atom. The van der Waals surface area contributed by atoms with Crippen molar-refractivity contribution in [2.45, 2.75) is 32.9 Å². The van der Waals surface area contributed by atoms with Gasteiger partial charge >= 0.3 is 0 Å². The van der Waals surface area contributed by atoms with E-state index in [2.05, 4.69) is 15.1 Å². The van der Waals surface area contributed by atoms with Crippen LogP contribution in [0, 0.1) is 13.8 Å². The van der Waals surface area contributed by atoms with E-state index in [1.807, 2.05) is 17.7 Å². The molecule has 0 spiro atoms. The van der Waals surface area contributed by atoms with Gasteiger partial charge < -0.3 is 14.6 Å². The fourth-order valence-corrected chi connectivity index (χ4v) is 4.05. The van der Waals surface area contributed by atoms with E-state index in [9.17, 15) is 14.7 Å². The van der Waals surface area contributed by atoms with Gasteiger partial charge in [-0.05, 0) is 32.4 Å². The zero-order valence-corrected chi connectivity index (χ0v) is 17.7. The number of pyridine rings is 1. The first kappa shape index (κ1) is 20.5. The molecule has 0 saturated carbocycles. The molecule has 3 aromatic rings. The molecule has 3 aromatic heterocycles. The summed E-state index contributed by atoms with van der Waals surface area (Å²) >= 11 is 0. The number of nitrogens with zero attached hydrogens (tertiary/aromatic N) is 6. The largest absolute Gasteiger partial charge is 0.507 e. The van der Waals surface area contributed by atoms with Gasteiger partial charge in [0.15, 0.2) is 0 Å². The standard InChI is InChI=1S/C22H24N6O3/c1-14-17(15(2)26(3)25-14)20(29)18-19(16-7-4-5-8-24-16)28(22(31)21(18)30)11-6-10-27-12-9-23-13-27/h4-5,7-9,12-13,19,29H,6,10-11H2,1-3H3/t19-/m0/s1. The van der Waals surface area contributed by atoms with E-state index in [4.69, 9.17) is 0 Å². The number of carbonyl (C=O) groups excluding carboxylic acids is 2. The number of hydrogen-bond acceptors (Lipinski definition) is 6. The van der Waals surface area contributed by atoms with E-state index < -0.39 is 17.7 Å². The molecule has 0 aromatic carbocycles. The van der Waals surface area contributed by atoms with Gasteiger partial charge in [0, 0.05) is 44.4 Å². The second-order valence-electron chi connectivity index (χ2n) is 7.57. The summed E-state index contributed by atoms with van der Waals surface area (Å²) in [5, 5.41) is 15.5. The molecule has 4 heterocycles. The number of aromatic nitrogens is 5. The van der Waals surface area contributed by atoms with Gasteiger partial charge in [-0.2, -0.15) is 5.10 Å². The summed E-state index contributed by atoms with van der Waals surface area (Å²) in [6, 6.07) is 4.57. The third-order valence-corrected chi connectivity index (χ3v) is 5.63. The second kappa shape index (κ2) is 8.17. The van der Waals surface area contributed by atoms with Gasteiger partial charge in [-0.25, -0.2) is 4.98 Å². The fraction of sp³-hybridized carbons (Fsp3) is 0.318. The van der Waals surface area contributed by atoms with E-state index in [1.54, 1.807) is 55.6 Å². The van der Waals surface area contributed by atoms with Crippen molar-refractivity contribution in [3.8, 4) is 0 Å². The van der Waals surface area contributed by atoms with Crippen LogP contribution in [0.4, 0.5) is 0 Å². The maximum absolute atomic E-state index is 13.1. The second-order valence-corrected chi connectivity index (χ2v) is 7.57. The van der Waals surface area contributed by atoms with Crippen molar-refractivity contribution in [2.75, 3.05) is 6.54 Å². The number of rotatable bonds is 6. The first-order valence-corrected chi connectivity index (χ1v) is 10.1. The van der Waals surface area contributed by atoms with Crippen LogP contribution in [0.1, 0.15) is 35.1 Å². The number of aryl methyl sites for hydroxylation is 3. The van der Waals surface area contributed by atoms with Gasteiger partial charge in [0.25, 0.3) is 11.7 Å². The van der Waals surface area contributed by atoms with Crippen LogP contribution in [0.2, 0.25) is 0 Å². The van der Waals surface area contributed by atoms with Gasteiger partial charge in [-0.15, -0.1) is 0 Å². The summed E-state index contributed by atoms with van der Waals surface area (Å²) in [5.41, 5.74) is 2.35. The zero-order chi connectivity index (χ0) is 22.1. The number of imidazole rings is 1. The number of amides is 1. The molecule has 1 amide bonds. The molecule has 0 bridgehead atoms. The number of Topliss-reactive ketones (excluding diaryl/α,β-unsaturated/α-hetero) is 1. The third-order valence-electron chi connectivity index (χ3n) is 5.63. The molecule has 160 valence electrons. The highest BCUT2D eigenvalue weighted by molar-refractivity contribution is 6.46. The predicted octanol–water partition coefficient (Wildman–Crippen LogP) is 2.14. The Bertz CT molecular complexity index is 1150. The number of aliphatic hydroxyl groups is 1. The highest BCUT2D eigenvalue weighted by atomic mass is 16.3. The molecule has 1 aliphatic rings. The Balaban J connectivity index is 1.76. The van der Waals surface area contributed by atoms with Gasteiger partial charge in [-0.3, -0.25) is 19.3 Å². The Hall–Kier alpha value is -3.75. The van der Waals surface area contributed by atoms with Crippen LogP contribution in [-0.2, 0) is 23.2 Å². The van der Waals surface area contributed by atoms with Crippen LogP contribution < -0.4 is 0 Å². The predicted molar refractivity (Wildman–Crippen MR) is 113 cm³/mol. The molecule has 1 N–H and O–H groups in total. The van der Waals surface area contributed by atoms with Gasteiger partial charge in [0.1, 0.15) is 11.8 Å². The van der Waals surface area contributed by atoms with Crippen molar-refractivity contribution in [2.24, 2.45) is 7.05 Å². The molecule has 0 unspecified atom stereocenters. The van der Waals surface area contributed by atoms with Gasteiger partial charge in [0.05, 0.1) is 28.9 Å². The summed E-state index contributed by atoms with van der Waals surface area (Å²) in [7, 11) is 1.77. The molecular weight excluding hydrogens is 396 g/mol. The van der Waals surface area contributed by atoms with Gasteiger partial charge in [0.2, 0.25) is 0 Å².